The van der Waals surface area contributed by atoms with E-state index in [1.807, 2.05) is 30.3 Å². The van der Waals surface area contributed by atoms with E-state index in [1.165, 1.54) is 0 Å². The molecule has 0 radical (unpaired) electrons. The molecule has 1 heterocycles. The number of benzene rings is 1. The van der Waals surface area contributed by atoms with Crippen molar-refractivity contribution in [2.24, 2.45) is 0 Å². The monoisotopic (exact) mass is 355 g/mol. The fraction of sp³-hybridized carbons (Fsp3) is 0.588. The zero-order chi connectivity index (χ0) is 18.4. The zero-order valence-corrected chi connectivity index (χ0v) is 13.7. The van der Waals surface area contributed by atoms with Gasteiger partial charge in [-0.3, -0.25) is 4.79 Å². The van der Waals surface area contributed by atoms with Gasteiger partial charge in [-0.2, -0.15) is 0 Å². The summed E-state index contributed by atoms with van der Waals surface area (Å²) in [6, 6.07) is 8.87. The Kier molecular flexibility index (Phi) is 7.15. The molecule has 0 amide bonds. The summed E-state index contributed by atoms with van der Waals surface area (Å²) in [6.07, 6.45) is -5.55. The van der Waals surface area contributed by atoms with E-state index in [4.69, 9.17) is 9.84 Å². The largest absolute Gasteiger partial charge is 0.481 e. The first-order valence-electron chi connectivity index (χ1n) is 8.26. The molecular weight excluding hydrogens is 330 g/mol. The van der Waals surface area contributed by atoms with Crippen LogP contribution in [0.1, 0.15) is 19.3 Å². The number of ether oxygens (including phenoxy) is 1. The molecule has 1 fully saturated rings. The van der Waals surface area contributed by atoms with Crippen molar-refractivity contribution in [1.29, 1.82) is 0 Å². The number of aliphatic hydroxyl groups excluding tert-OH is 4. The van der Waals surface area contributed by atoms with E-state index < -0.39 is 43.1 Å². The fourth-order valence-electron chi connectivity index (χ4n) is 2.97. The van der Waals surface area contributed by atoms with Crippen molar-refractivity contribution in [2.45, 2.75) is 55.8 Å². The maximum absolute atomic E-state index is 10.9. The second kappa shape index (κ2) is 9.12. The number of aliphatic carboxylic acids is 1. The van der Waals surface area contributed by atoms with Gasteiger partial charge in [0.15, 0.2) is 0 Å². The van der Waals surface area contributed by atoms with E-state index in [1.54, 1.807) is 0 Å². The number of hydrogen-bond acceptors (Lipinski definition) is 7. The third-order valence-electron chi connectivity index (χ3n) is 4.36. The smallest absolute Gasteiger partial charge is 0.303 e. The summed E-state index contributed by atoms with van der Waals surface area (Å²) in [5.74, 6) is -0.936. The molecule has 140 valence electrons. The number of carboxylic acids is 1. The third-order valence-corrected chi connectivity index (χ3v) is 4.36. The minimum absolute atomic E-state index is 0.0675. The third kappa shape index (κ3) is 5.38. The lowest BCUT2D eigenvalue weighted by molar-refractivity contribution is -0.230. The van der Waals surface area contributed by atoms with E-state index in [0.717, 1.165) is 5.69 Å². The number of para-hydroxylation sites is 1. The minimum Gasteiger partial charge on any atom is -0.481 e. The molecule has 1 unspecified atom stereocenters. The molecule has 1 aliphatic rings. The molecule has 2 rings (SSSR count). The van der Waals surface area contributed by atoms with Crippen LogP contribution in [0.25, 0.3) is 0 Å². The molecule has 1 aliphatic heterocycles. The molecule has 1 aromatic carbocycles. The highest BCUT2D eigenvalue weighted by molar-refractivity contribution is 5.66. The molecule has 0 spiro atoms. The van der Waals surface area contributed by atoms with Gasteiger partial charge >= 0.3 is 5.97 Å². The second-order valence-electron chi connectivity index (χ2n) is 6.24. The molecule has 0 aliphatic carbocycles. The molecule has 0 saturated carbocycles. The Labute approximate surface area is 145 Å². The van der Waals surface area contributed by atoms with Crippen LogP contribution in [0.4, 0.5) is 5.69 Å². The Hall–Kier alpha value is -1.71. The number of rotatable bonds is 8. The van der Waals surface area contributed by atoms with Gasteiger partial charge in [-0.25, -0.2) is 0 Å². The molecule has 6 N–H and O–H groups in total. The normalized spacial score (nSPS) is 30.6. The van der Waals surface area contributed by atoms with Gasteiger partial charge in [-0.15, -0.1) is 0 Å². The van der Waals surface area contributed by atoms with Gasteiger partial charge in [-0.05, 0) is 25.0 Å². The van der Waals surface area contributed by atoms with Crippen molar-refractivity contribution in [3.8, 4) is 0 Å². The maximum Gasteiger partial charge on any atom is 0.303 e. The highest BCUT2D eigenvalue weighted by atomic mass is 16.5. The number of carboxylic acid groups (broad SMARTS) is 1. The summed E-state index contributed by atoms with van der Waals surface area (Å²) in [4.78, 5) is 10.9. The van der Waals surface area contributed by atoms with Crippen molar-refractivity contribution >= 4 is 11.7 Å². The first-order valence-corrected chi connectivity index (χ1v) is 8.26. The SMILES string of the molecule is O=C(O)CCC(C[C@@H]1O[C@H](CO)[C@H](O)[C@H](O)[C@H]1O)Nc1ccccc1. The summed E-state index contributed by atoms with van der Waals surface area (Å²) >= 11 is 0. The summed E-state index contributed by atoms with van der Waals surface area (Å²) in [6.45, 7) is -0.493. The van der Waals surface area contributed by atoms with Gasteiger partial charge < -0.3 is 35.6 Å². The van der Waals surface area contributed by atoms with Crippen LogP contribution in [0.3, 0.4) is 0 Å². The highest BCUT2D eigenvalue weighted by Gasteiger charge is 2.43. The van der Waals surface area contributed by atoms with Crippen molar-refractivity contribution in [3.05, 3.63) is 30.3 Å². The number of aliphatic hydroxyl groups is 4. The van der Waals surface area contributed by atoms with Crippen molar-refractivity contribution < 1.29 is 35.1 Å². The average Bonchev–Trinajstić information content (AvgIpc) is 2.60. The van der Waals surface area contributed by atoms with Crippen molar-refractivity contribution in [2.75, 3.05) is 11.9 Å². The zero-order valence-electron chi connectivity index (χ0n) is 13.7. The van der Waals surface area contributed by atoms with Crippen LogP contribution >= 0.6 is 0 Å². The van der Waals surface area contributed by atoms with E-state index in [-0.39, 0.29) is 18.9 Å². The van der Waals surface area contributed by atoms with Crippen molar-refractivity contribution in [1.82, 2.24) is 0 Å². The first-order chi connectivity index (χ1) is 11.9. The first kappa shape index (κ1) is 19.6. The summed E-state index contributed by atoms with van der Waals surface area (Å²) in [7, 11) is 0. The van der Waals surface area contributed by atoms with E-state index in [2.05, 4.69) is 5.32 Å². The standard InChI is InChI=1S/C17H25NO7/c19-9-13-16(23)17(24)15(22)12(25-13)8-11(6-7-14(20)21)18-10-4-2-1-3-5-10/h1-5,11-13,15-19,22-24H,6-9H2,(H,20,21)/t11?,12-,13+,15-,16-,17+/m0/s1. The lowest BCUT2D eigenvalue weighted by atomic mass is 9.90. The lowest BCUT2D eigenvalue weighted by Crippen LogP contribution is -2.59. The average molecular weight is 355 g/mol. The number of anilines is 1. The number of carbonyl (C=O) groups is 1. The molecule has 8 heteroatoms. The number of nitrogens with one attached hydrogen (secondary N) is 1. The maximum atomic E-state index is 10.9. The highest BCUT2D eigenvalue weighted by Crippen LogP contribution is 2.26. The fourth-order valence-corrected chi connectivity index (χ4v) is 2.97. The quantitative estimate of drug-likeness (QED) is 0.369. The molecule has 1 aromatic rings. The Morgan fingerprint density at radius 3 is 2.32 bits per heavy atom. The second-order valence-corrected chi connectivity index (χ2v) is 6.24. The van der Waals surface area contributed by atoms with Gasteiger partial charge in [0.1, 0.15) is 24.4 Å². The van der Waals surface area contributed by atoms with Gasteiger partial charge in [0.05, 0.1) is 12.7 Å². The van der Waals surface area contributed by atoms with Crippen molar-refractivity contribution in [3.63, 3.8) is 0 Å². The van der Waals surface area contributed by atoms with Crippen LogP contribution in [0.2, 0.25) is 0 Å². The Bertz CT molecular complexity index is 539. The Balaban J connectivity index is 2.07. The van der Waals surface area contributed by atoms with Gasteiger partial charge in [0, 0.05) is 18.2 Å². The Morgan fingerprint density at radius 2 is 1.72 bits per heavy atom. The number of hydrogen-bond donors (Lipinski definition) is 6. The van der Waals surface area contributed by atoms with E-state index >= 15 is 0 Å². The van der Waals surface area contributed by atoms with Crippen LogP contribution in [0.15, 0.2) is 30.3 Å². The topological polar surface area (TPSA) is 139 Å². The van der Waals surface area contributed by atoms with Gasteiger partial charge in [-0.1, -0.05) is 18.2 Å². The van der Waals surface area contributed by atoms with Crippen LogP contribution < -0.4 is 5.32 Å². The molecule has 6 atom stereocenters. The minimum atomic E-state index is -1.44. The van der Waals surface area contributed by atoms with E-state index in [9.17, 15) is 25.2 Å². The molecule has 1 saturated heterocycles. The lowest BCUT2D eigenvalue weighted by Gasteiger charge is -2.41. The molecular formula is C17H25NO7. The molecule has 8 nitrogen and oxygen atoms in total. The van der Waals surface area contributed by atoms with Gasteiger partial charge in [0.2, 0.25) is 0 Å². The Morgan fingerprint density at radius 1 is 1.08 bits per heavy atom. The summed E-state index contributed by atoms with van der Waals surface area (Å²) < 4.78 is 5.51. The molecule has 0 bridgehead atoms. The molecule has 25 heavy (non-hydrogen) atoms. The predicted octanol–water partition coefficient (Wildman–Crippen LogP) is -0.436. The van der Waals surface area contributed by atoms with Gasteiger partial charge in [0.25, 0.3) is 0 Å². The van der Waals surface area contributed by atoms with Crippen LogP contribution in [0.5, 0.6) is 0 Å². The van der Waals surface area contributed by atoms with E-state index in [0.29, 0.717) is 6.42 Å². The summed E-state index contributed by atoms with van der Waals surface area (Å²) in [5, 5.41) is 51.3. The molecule has 0 aromatic heterocycles. The van der Waals surface area contributed by atoms with Crippen LogP contribution in [0, 0.1) is 0 Å². The predicted molar refractivity (Wildman–Crippen MR) is 89.1 cm³/mol. The van der Waals surface area contributed by atoms with Crippen LogP contribution in [-0.2, 0) is 9.53 Å². The van der Waals surface area contributed by atoms with Crippen LogP contribution in [-0.4, -0.2) is 74.7 Å². The summed E-state index contributed by atoms with van der Waals surface area (Å²) in [5.41, 5.74) is 0.794.